The Morgan fingerprint density at radius 1 is 1.08 bits per heavy atom. The van der Waals surface area contributed by atoms with Crippen molar-refractivity contribution in [1.82, 2.24) is 5.32 Å². The number of nitrogens with one attached hydrogen (secondary N) is 1. The number of amides is 1. The molecule has 0 unspecified atom stereocenters. The third-order valence-electron chi connectivity index (χ3n) is 4.17. The first-order valence-electron chi connectivity index (χ1n) is 8.18. The number of aryl methyl sites for hydroxylation is 3. The lowest BCUT2D eigenvalue weighted by atomic mass is 10.0. The Hall–Kier alpha value is -2.49. The van der Waals surface area contributed by atoms with Crippen LogP contribution in [0.15, 0.2) is 36.4 Å². The summed E-state index contributed by atoms with van der Waals surface area (Å²) in [6.07, 6.45) is 2.23. The topological polar surface area (TPSA) is 58.6 Å². The van der Waals surface area contributed by atoms with Crippen LogP contribution in [0.4, 0.5) is 0 Å². The number of carbonyl (C=O) groups is 1. The van der Waals surface area contributed by atoms with E-state index in [2.05, 4.69) is 37.4 Å². The monoisotopic (exact) mass is 327 g/mol. The maximum Gasteiger partial charge on any atom is 0.220 e. The molecule has 0 heterocycles. The maximum absolute atomic E-state index is 12.0. The highest BCUT2D eigenvalue weighted by atomic mass is 16.5. The molecular weight excluding hydrogens is 302 g/mol. The lowest BCUT2D eigenvalue weighted by Crippen LogP contribution is -2.22. The Morgan fingerprint density at radius 2 is 1.83 bits per heavy atom. The van der Waals surface area contributed by atoms with Crippen molar-refractivity contribution in [3.05, 3.63) is 58.7 Å². The van der Waals surface area contributed by atoms with E-state index in [4.69, 9.17) is 4.74 Å². The summed E-state index contributed by atoms with van der Waals surface area (Å²) in [6.45, 7) is 4.64. The minimum Gasteiger partial charge on any atom is -0.504 e. The van der Waals surface area contributed by atoms with Gasteiger partial charge >= 0.3 is 0 Å². The fourth-order valence-corrected chi connectivity index (χ4v) is 2.53. The average Bonchev–Trinajstić information content (AvgIpc) is 2.57. The third kappa shape index (κ3) is 5.01. The molecule has 0 aliphatic carbocycles. The molecule has 0 fully saturated rings. The van der Waals surface area contributed by atoms with Gasteiger partial charge in [-0.05, 0) is 61.1 Å². The fraction of sp³-hybridized carbons (Fsp3) is 0.350. The number of rotatable bonds is 7. The molecule has 4 heteroatoms. The van der Waals surface area contributed by atoms with Crippen LogP contribution < -0.4 is 10.1 Å². The molecule has 0 spiro atoms. The number of phenolic OH excluding ortho intramolecular Hbond substituents is 1. The van der Waals surface area contributed by atoms with Gasteiger partial charge in [-0.3, -0.25) is 4.79 Å². The lowest BCUT2D eigenvalue weighted by molar-refractivity contribution is -0.121. The minimum absolute atomic E-state index is 0.0332. The van der Waals surface area contributed by atoms with E-state index in [1.54, 1.807) is 18.2 Å². The van der Waals surface area contributed by atoms with Crippen LogP contribution in [-0.2, 0) is 17.8 Å². The van der Waals surface area contributed by atoms with Gasteiger partial charge in [-0.25, -0.2) is 0 Å². The molecule has 0 saturated carbocycles. The third-order valence-corrected chi connectivity index (χ3v) is 4.17. The average molecular weight is 327 g/mol. The molecule has 0 aromatic heterocycles. The van der Waals surface area contributed by atoms with Crippen molar-refractivity contribution >= 4 is 5.91 Å². The summed E-state index contributed by atoms with van der Waals surface area (Å²) in [6, 6.07) is 11.5. The second kappa shape index (κ2) is 8.39. The lowest BCUT2D eigenvalue weighted by Gasteiger charge is -2.09. The summed E-state index contributed by atoms with van der Waals surface area (Å²) in [5.41, 5.74) is 4.75. The van der Waals surface area contributed by atoms with E-state index in [0.717, 1.165) is 18.4 Å². The molecule has 0 aliphatic rings. The highest BCUT2D eigenvalue weighted by Gasteiger charge is 2.05. The van der Waals surface area contributed by atoms with Crippen molar-refractivity contribution < 1.29 is 14.6 Å². The van der Waals surface area contributed by atoms with Crippen LogP contribution in [0.2, 0.25) is 0 Å². The number of hydrogen-bond acceptors (Lipinski definition) is 3. The molecule has 2 N–H and O–H groups in total. The van der Waals surface area contributed by atoms with Crippen molar-refractivity contribution in [2.45, 2.75) is 39.7 Å². The Morgan fingerprint density at radius 3 is 2.54 bits per heavy atom. The Labute approximate surface area is 143 Å². The number of hydrogen-bond donors (Lipinski definition) is 2. The number of benzene rings is 2. The molecule has 0 saturated heterocycles. The van der Waals surface area contributed by atoms with Gasteiger partial charge in [0.25, 0.3) is 0 Å². The van der Waals surface area contributed by atoms with E-state index in [9.17, 15) is 9.90 Å². The number of aromatic hydroxyl groups is 1. The maximum atomic E-state index is 12.0. The van der Waals surface area contributed by atoms with Crippen LogP contribution in [0.5, 0.6) is 11.5 Å². The highest BCUT2D eigenvalue weighted by molar-refractivity contribution is 5.75. The summed E-state index contributed by atoms with van der Waals surface area (Å²) in [4.78, 5) is 12.0. The predicted octanol–water partition coefficient (Wildman–Crippen LogP) is 3.66. The second-order valence-electron chi connectivity index (χ2n) is 6.06. The molecule has 128 valence electrons. The molecule has 0 radical (unpaired) electrons. The molecule has 0 atom stereocenters. The van der Waals surface area contributed by atoms with E-state index in [1.165, 1.54) is 23.8 Å². The van der Waals surface area contributed by atoms with Crippen LogP contribution in [0.1, 0.15) is 35.1 Å². The molecule has 2 aromatic carbocycles. The molecular formula is C20H25NO3. The van der Waals surface area contributed by atoms with Crippen LogP contribution in [0.25, 0.3) is 0 Å². The summed E-state index contributed by atoms with van der Waals surface area (Å²) in [5.74, 6) is 0.545. The summed E-state index contributed by atoms with van der Waals surface area (Å²) >= 11 is 0. The van der Waals surface area contributed by atoms with Crippen molar-refractivity contribution in [1.29, 1.82) is 0 Å². The van der Waals surface area contributed by atoms with Gasteiger partial charge in [0.05, 0.1) is 7.11 Å². The van der Waals surface area contributed by atoms with Gasteiger partial charge in [-0.2, -0.15) is 0 Å². The first kappa shape index (κ1) is 17.9. The largest absolute Gasteiger partial charge is 0.504 e. The molecule has 2 rings (SSSR count). The Bertz CT molecular complexity index is 710. The number of ether oxygens (including phenoxy) is 1. The van der Waals surface area contributed by atoms with Crippen molar-refractivity contribution in [2.24, 2.45) is 0 Å². The number of phenols is 1. The van der Waals surface area contributed by atoms with Crippen molar-refractivity contribution in [3.63, 3.8) is 0 Å². The van der Waals surface area contributed by atoms with E-state index in [0.29, 0.717) is 18.7 Å². The van der Waals surface area contributed by atoms with Crippen molar-refractivity contribution in [2.75, 3.05) is 7.11 Å². The first-order chi connectivity index (χ1) is 11.5. The highest BCUT2D eigenvalue weighted by Crippen LogP contribution is 2.26. The van der Waals surface area contributed by atoms with Crippen LogP contribution in [0, 0.1) is 13.8 Å². The normalized spacial score (nSPS) is 10.5. The molecule has 4 nitrogen and oxygen atoms in total. The summed E-state index contributed by atoms with van der Waals surface area (Å²) < 4.78 is 5.06. The number of methoxy groups -OCH3 is 1. The zero-order chi connectivity index (χ0) is 17.5. The van der Waals surface area contributed by atoms with Gasteiger partial charge < -0.3 is 15.2 Å². The quantitative estimate of drug-likeness (QED) is 0.816. The van der Waals surface area contributed by atoms with Gasteiger partial charge in [0.2, 0.25) is 5.91 Å². The molecule has 1 amide bonds. The molecule has 0 bridgehead atoms. The molecule has 2 aromatic rings. The second-order valence-corrected chi connectivity index (χ2v) is 6.06. The van der Waals surface area contributed by atoms with E-state index in [-0.39, 0.29) is 11.7 Å². The standard InChI is InChI=1S/C20H25NO3/c1-14-7-8-16(11-15(14)2)5-4-6-20(23)21-13-17-9-10-18(22)19(12-17)24-3/h7-12,22H,4-6,13H2,1-3H3,(H,21,23). The molecule has 0 aliphatic heterocycles. The first-order valence-corrected chi connectivity index (χ1v) is 8.18. The zero-order valence-electron chi connectivity index (χ0n) is 14.6. The Kier molecular flexibility index (Phi) is 6.24. The van der Waals surface area contributed by atoms with Crippen LogP contribution >= 0.6 is 0 Å². The van der Waals surface area contributed by atoms with Crippen LogP contribution in [0.3, 0.4) is 0 Å². The fourth-order valence-electron chi connectivity index (χ4n) is 2.53. The van der Waals surface area contributed by atoms with E-state index < -0.39 is 0 Å². The van der Waals surface area contributed by atoms with Gasteiger partial charge in [0.1, 0.15) is 0 Å². The Balaban J connectivity index is 1.76. The zero-order valence-corrected chi connectivity index (χ0v) is 14.6. The van der Waals surface area contributed by atoms with Crippen LogP contribution in [-0.4, -0.2) is 18.1 Å². The minimum atomic E-state index is 0.0332. The summed E-state index contributed by atoms with van der Waals surface area (Å²) in [7, 11) is 1.50. The van der Waals surface area contributed by atoms with Gasteiger partial charge in [-0.15, -0.1) is 0 Å². The van der Waals surface area contributed by atoms with E-state index in [1.807, 2.05) is 0 Å². The van der Waals surface area contributed by atoms with E-state index >= 15 is 0 Å². The predicted molar refractivity (Wildman–Crippen MR) is 95.4 cm³/mol. The smallest absolute Gasteiger partial charge is 0.220 e. The van der Waals surface area contributed by atoms with Gasteiger partial charge in [-0.1, -0.05) is 24.3 Å². The van der Waals surface area contributed by atoms with Crippen molar-refractivity contribution in [3.8, 4) is 11.5 Å². The molecule has 24 heavy (non-hydrogen) atoms. The van der Waals surface area contributed by atoms with Gasteiger partial charge in [0.15, 0.2) is 11.5 Å². The number of carbonyl (C=O) groups excluding carboxylic acids is 1. The summed E-state index contributed by atoms with van der Waals surface area (Å²) in [5, 5.41) is 12.5. The van der Waals surface area contributed by atoms with Gasteiger partial charge in [0, 0.05) is 13.0 Å². The SMILES string of the molecule is COc1cc(CNC(=O)CCCc2ccc(C)c(C)c2)ccc1O.